The van der Waals surface area contributed by atoms with E-state index in [2.05, 4.69) is 113 Å². The zero-order valence-electron chi connectivity index (χ0n) is 22.5. The van der Waals surface area contributed by atoms with Gasteiger partial charge in [0.05, 0.1) is 27.3 Å². The smallest absolute Gasteiger partial charge is 0.224 e. The molecule has 6 aromatic rings. The minimum Gasteiger partial charge on any atom is -0.307 e. The predicted octanol–water partition coefficient (Wildman–Crippen LogP) is 8.22. The van der Waals surface area contributed by atoms with E-state index in [1.807, 2.05) is 0 Å². The summed E-state index contributed by atoms with van der Waals surface area (Å²) in [6.45, 7) is 16.2. The Balaban J connectivity index is 1.89. The summed E-state index contributed by atoms with van der Waals surface area (Å²) in [5, 5.41) is 6.87. The lowest BCUT2D eigenvalue weighted by Gasteiger charge is -2.20. The molecular formula is C33H37N2+. The number of hydrogen-bond donors (Lipinski definition) is 0. The van der Waals surface area contributed by atoms with Crippen LogP contribution >= 0.6 is 0 Å². The van der Waals surface area contributed by atoms with Crippen molar-refractivity contribution in [2.24, 2.45) is 18.4 Å². The molecule has 3 aromatic heterocycles. The van der Waals surface area contributed by atoms with Gasteiger partial charge in [-0.05, 0) is 89.9 Å². The van der Waals surface area contributed by atoms with E-state index in [4.69, 9.17) is 0 Å². The molecule has 0 fully saturated rings. The van der Waals surface area contributed by atoms with Crippen molar-refractivity contribution in [3.05, 3.63) is 70.9 Å². The highest BCUT2D eigenvalue weighted by Gasteiger charge is 2.25. The van der Waals surface area contributed by atoms with E-state index in [1.54, 1.807) is 0 Å². The van der Waals surface area contributed by atoms with Crippen LogP contribution < -0.4 is 4.57 Å². The molecule has 0 bridgehead atoms. The highest BCUT2D eigenvalue weighted by Crippen LogP contribution is 2.42. The highest BCUT2D eigenvalue weighted by atomic mass is 15.0. The van der Waals surface area contributed by atoms with Crippen LogP contribution in [-0.2, 0) is 19.9 Å². The van der Waals surface area contributed by atoms with Crippen molar-refractivity contribution in [3.8, 4) is 0 Å². The summed E-state index contributed by atoms with van der Waals surface area (Å²) in [4.78, 5) is 0. The number of benzene rings is 3. The summed E-state index contributed by atoms with van der Waals surface area (Å²) >= 11 is 0. The molecule has 0 N–H and O–H groups in total. The van der Waals surface area contributed by atoms with Gasteiger partial charge in [-0.2, -0.15) is 0 Å². The van der Waals surface area contributed by atoms with Crippen molar-refractivity contribution >= 4 is 49.0 Å². The van der Waals surface area contributed by atoms with E-state index in [0.717, 1.165) is 12.8 Å². The standard InChI is InChI=1S/C33H37N2/c1-19(2)13-22-9-10-27-25(16-22)26-14-20(3)21(4)29-31(26)35(27)28-17-23(18-33(5,6)7)15-24-11-12-34(8)32(29)30(24)28/h9-12,14-17,19H,13,18H2,1-8H3/q+1. The average Bonchev–Trinajstić information content (AvgIpc) is 3.07. The molecule has 0 aliphatic carbocycles. The third-order valence-electron chi connectivity index (χ3n) is 7.77. The third kappa shape index (κ3) is 3.33. The lowest BCUT2D eigenvalue weighted by molar-refractivity contribution is -0.643. The van der Waals surface area contributed by atoms with Crippen LogP contribution in [0.3, 0.4) is 0 Å². The molecular weight excluding hydrogens is 424 g/mol. The van der Waals surface area contributed by atoms with Crippen molar-refractivity contribution in [2.45, 2.75) is 61.3 Å². The molecule has 35 heavy (non-hydrogen) atoms. The zero-order chi connectivity index (χ0) is 24.8. The normalized spacial score (nSPS) is 13.1. The minimum absolute atomic E-state index is 0.239. The largest absolute Gasteiger partial charge is 0.307 e. The van der Waals surface area contributed by atoms with E-state index < -0.39 is 0 Å². The summed E-state index contributed by atoms with van der Waals surface area (Å²) in [6.07, 6.45) is 4.42. The number of aromatic nitrogens is 2. The van der Waals surface area contributed by atoms with E-state index in [1.165, 1.54) is 71.3 Å². The maximum absolute atomic E-state index is 2.58. The first-order chi connectivity index (χ1) is 16.5. The van der Waals surface area contributed by atoms with Gasteiger partial charge in [0.2, 0.25) is 5.52 Å². The number of pyridine rings is 2. The second-order valence-corrected chi connectivity index (χ2v) is 12.5. The quantitative estimate of drug-likeness (QED) is 0.143. The highest BCUT2D eigenvalue weighted by molar-refractivity contribution is 6.26. The zero-order valence-corrected chi connectivity index (χ0v) is 22.5. The first kappa shape index (κ1) is 22.3. The van der Waals surface area contributed by atoms with Gasteiger partial charge in [0, 0.05) is 16.8 Å². The van der Waals surface area contributed by atoms with Crippen molar-refractivity contribution in [1.29, 1.82) is 0 Å². The maximum Gasteiger partial charge on any atom is 0.224 e. The van der Waals surface area contributed by atoms with Crippen molar-refractivity contribution in [3.63, 3.8) is 0 Å². The molecule has 0 aliphatic rings. The second-order valence-electron chi connectivity index (χ2n) is 12.5. The Morgan fingerprint density at radius 3 is 2.34 bits per heavy atom. The lowest BCUT2D eigenvalue weighted by Crippen LogP contribution is -2.29. The Bertz CT molecular complexity index is 1770. The molecule has 2 heteroatoms. The molecule has 178 valence electrons. The van der Waals surface area contributed by atoms with E-state index in [0.29, 0.717) is 5.92 Å². The van der Waals surface area contributed by atoms with Gasteiger partial charge in [-0.1, -0.05) is 46.8 Å². The Kier molecular flexibility index (Phi) is 4.75. The van der Waals surface area contributed by atoms with Crippen LogP contribution in [0.5, 0.6) is 0 Å². The molecule has 2 nitrogen and oxygen atoms in total. The number of fused-ring (bicyclic) bond motifs is 5. The first-order valence-corrected chi connectivity index (χ1v) is 13.1. The Labute approximate surface area is 208 Å². The Hall–Kier alpha value is -3.13. The summed E-state index contributed by atoms with van der Waals surface area (Å²) in [6, 6.07) is 16.8. The summed E-state index contributed by atoms with van der Waals surface area (Å²) in [5.74, 6) is 0.646. The Morgan fingerprint density at radius 2 is 1.63 bits per heavy atom. The van der Waals surface area contributed by atoms with Crippen molar-refractivity contribution < 1.29 is 4.57 Å². The van der Waals surface area contributed by atoms with Gasteiger partial charge >= 0.3 is 0 Å². The van der Waals surface area contributed by atoms with Gasteiger partial charge in [0.15, 0.2) is 6.20 Å². The Morgan fingerprint density at radius 1 is 0.857 bits per heavy atom. The summed E-state index contributed by atoms with van der Waals surface area (Å²) in [5.41, 5.74) is 11.2. The summed E-state index contributed by atoms with van der Waals surface area (Å²) < 4.78 is 4.91. The second kappa shape index (κ2) is 7.43. The minimum atomic E-state index is 0.239. The topological polar surface area (TPSA) is 8.29 Å². The van der Waals surface area contributed by atoms with Crippen molar-refractivity contribution in [2.75, 3.05) is 0 Å². The molecule has 0 saturated carbocycles. The monoisotopic (exact) mass is 461 g/mol. The van der Waals surface area contributed by atoms with E-state index >= 15 is 0 Å². The van der Waals surface area contributed by atoms with Gasteiger partial charge < -0.3 is 4.40 Å². The van der Waals surface area contributed by atoms with Crippen LogP contribution in [0.1, 0.15) is 56.9 Å². The van der Waals surface area contributed by atoms with Gasteiger partial charge in [0.25, 0.3) is 0 Å². The molecule has 0 spiro atoms. The number of rotatable bonds is 3. The van der Waals surface area contributed by atoms with Gasteiger partial charge in [-0.25, -0.2) is 4.57 Å². The van der Waals surface area contributed by atoms with Gasteiger partial charge in [-0.15, -0.1) is 0 Å². The van der Waals surface area contributed by atoms with E-state index in [-0.39, 0.29) is 5.41 Å². The molecule has 3 aromatic carbocycles. The molecule has 3 heterocycles. The SMILES string of the molecule is Cc1cc2c3cc(CC(C)C)ccc3n3c4cc(CC(C)(C)C)cc5cc[n+](C)c(c(c1C)c23)c54. The van der Waals surface area contributed by atoms with Crippen molar-refractivity contribution in [1.82, 2.24) is 4.40 Å². The van der Waals surface area contributed by atoms with Crippen LogP contribution in [0.4, 0.5) is 0 Å². The molecule has 0 saturated heterocycles. The third-order valence-corrected chi connectivity index (χ3v) is 7.77. The number of hydrogen-bond acceptors (Lipinski definition) is 0. The average molecular weight is 462 g/mol. The summed E-state index contributed by atoms with van der Waals surface area (Å²) in [7, 11) is 2.20. The fraction of sp³-hybridized carbons (Fsp3) is 0.364. The lowest BCUT2D eigenvalue weighted by atomic mass is 9.87. The molecule has 0 unspecified atom stereocenters. The van der Waals surface area contributed by atoms with Crippen LogP contribution in [0, 0.1) is 25.2 Å². The molecule has 0 aliphatic heterocycles. The fourth-order valence-corrected chi connectivity index (χ4v) is 6.33. The maximum atomic E-state index is 2.58. The van der Waals surface area contributed by atoms with E-state index in [9.17, 15) is 0 Å². The number of nitrogens with zero attached hydrogens (tertiary/aromatic N) is 2. The van der Waals surface area contributed by atoms with Gasteiger partial charge in [0.1, 0.15) is 7.05 Å². The first-order valence-electron chi connectivity index (χ1n) is 13.1. The predicted molar refractivity (Wildman–Crippen MR) is 151 cm³/mol. The molecule has 0 amide bonds. The molecule has 0 atom stereocenters. The van der Waals surface area contributed by atoms with Gasteiger partial charge in [-0.3, -0.25) is 0 Å². The number of aryl methyl sites for hydroxylation is 3. The van der Waals surface area contributed by atoms with Crippen LogP contribution in [0.15, 0.2) is 48.7 Å². The molecule has 0 radical (unpaired) electrons. The fourth-order valence-electron chi connectivity index (χ4n) is 6.33. The molecule has 6 rings (SSSR count). The van der Waals surface area contributed by atoms with Crippen LogP contribution in [0.25, 0.3) is 49.0 Å². The van der Waals surface area contributed by atoms with Crippen LogP contribution in [-0.4, -0.2) is 4.40 Å². The van der Waals surface area contributed by atoms with Crippen LogP contribution in [0.2, 0.25) is 0 Å².